The number of amides is 2. The molecular weight excluding hydrogens is 256 g/mol. The van der Waals surface area contributed by atoms with Crippen molar-refractivity contribution in [3.8, 4) is 0 Å². The third kappa shape index (κ3) is 3.36. The van der Waals surface area contributed by atoms with Crippen LogP contribution in [-0.2, 0) is 16.0 Å². The summed E-state index contributed by atoms with van der Waals surface area (Å²) in [5.41, 5.74) is 1.75. The van der Waals surface area contributed by atoms with E-state index in [9.17, 15) is 9.59 Å². The van der Waals surface area contributed by atoms with E-state index >= 15 is 0 Å². The molecule has 2 amide bonds. The third-order valence-corrected chi connectivity index (χ3v) is 3.62. The summed E-state index contributed by atoms with van der Waals surface area (Å²) in [7, 11) is 0. The molecule has 1 saturated heterocycles. The number of benzene rings is 1. The molecule has 1 heterocycles. The Labute approximate surface area is 118 Å². The van der Waals surface area contributed by atoms with E-state index in [0.29, 0.717) is 18.8 Å². The minimum Gasteiger partial charge on any atom is -0.396 e. The van der Waals surface area contributed by atoms with Crippen LogP contribution in [-0.4, -0.2) is 41.5 Å². The van der Waals surface area contributed by atoms with Gasteiger partial charge in [-0.15, -0.1) is 0 Å². The fourth-order valence-corrected chi connectivity index (χ4v) is 2.36. The molecule has 5 heteroatoms. The minimum absolute atomic E-state index is 0.0595. The lowest BCUT2D eigenvalue weighted by Crippen LogP contribution is -2.38. The lowest BCUT2D eigenvalue weighted by molar-refractivity contribution is -0.142. The van der Waals surface area contributed by atoms with Crippen molar-refractivity contribution in [3.63, 3.8) is 0 Å². The largest absolute Gasteiger partial charge is 0.396 e. The number of anilines is 1. The molecule has 1 atom stereocenters. The van der Waals surface area contributed by atoms with E-state index in [4.69, 9.17) is 5.11 Å². The Morgan fingerprint density at radius 3 is 2.90 bits per heavy atom. The zero-order valence-corrected chi connectivity index (χ0v) is 11.6. The highest BCUT2D eigenvalue weighted by Crippen LogP contribution is 2.16. The molecule has 1 aliphatic rings. The molecule has 20 heavy (non-hydrogen) atoms. The van der Waals surface area contributed by atoms with Crippen molar-refractivity contribution in [1.29, 1.82) is 0 Å². The number of hydrogen-bond acceptors (Lipinski definition) is 3. The quantitative estimate of drug-likeness (QED) is 0.810. The van der Waals surface area contributed by atoms with Crippen molar-refractivity contribution < 1.29 is 14.7 Å². The highest BCUT2D eigenvalue weighted by atomic mass is 16.3. The van der Waals surface area contributed by atoms with Crippen molar-refractivity contribution >= 4 is 17.5 Å². The van der Waals surface area contributed by atoms with E-state index in [1.165, 1.54) is 4.90 Å². The lowest BCUT2D eigenvalue weighted by atomic mass is 10.1. The molecule has 5 nitrogen and oxygen atoms in total. The first-order valence-corrected chi connectivity index (χ1v) is 6.94. The molecule has 1 unspecified atom stereocenters. The van der Waals surface area contributed by atoms with Crippen LogP contribution in [0.5, 0.6) is 0 Å². The maximum atomic E-state index is 12.0. The molecule has 1 aromatic rings. The summed E-state index contributed by atoms with van der Waals surface area (Å²) in [6.07, 6.45) is 1.63. The number of aliphatic hydroxyl groups is 1. The first-order valence-electron chi connectivity index (χ1n) is 6.94. The summed E-state index contributed by atoms with van der Waals surface area (Å²) < 4.78 is 0. The number of likely N-dealkylation sites (tertiary alicyclic amines) is 1. The average molecular weight is 276 g/mol. The number of nitrogens with zero attached hydrogens (tertiary/aromatic N) is 1. The van der Waals surface area contributed by atoms with Crippen LogP contribution in [0.3, 0.4) is 0 Å². The van der Waals surface area contributed by atoms with Gasteiger partial charge in [-0.2, -0.15) is 0 Å². The van der Waals surface area contributed by atoms with Crippen LogP contribution in [0.1, 0.15) is 18.9 Å². The number of carbonyl (C=O) groups excluding carboxylic acids is 2. The molecule has 0 aromatic heterocycles. The second-order valence-electron chi connectivity index (χ2n) is 5.10. The second-order valence-corrected chi connectivity index (χ2v) is 5.10. The van der Waals surface area contributed by atoms with Crippen molar-refractivity contribution in [3.05, 3.63) is 29.8 Å². The van der Waals surface area contributed by atoms with Crippen molar-refractivity contribution in [2.45, 2.75) is 19.8 Å². The van der Waals surface area contributed by atoms with Crippen LogP contribution in [0.2, 0.25) is 0 Å². The van der Waals surface area contributed by atoms with Gasteiger partial charge in [-0.1, -0.05) is 19.1 Å². The number of hydrogen-bond donors (Lipinski definition) is 2. The first-order chi connectivity index (χ1) is 9.63. The smallest absolute Gasteiger partial charge is 0.313 e. The predicted octanol–water partition coefficient (Wildman–Crippen LogP) is 1.03. The van der Waals surface area contributed by atoms with E-state index in [1.54, 1.807) is 6.07 Å². The van der Waals surface area contributed by atoms with Crippen LogP contribution in [0.25, 0.3) is 0 Å². The van der Waals surface area contributed by atoms with Crippen LogP contribution in [0.15, 0.2) is 24.3 Å². The molecule has 1 aromatic carbocycles. The van der Waals surface area contributed by atoms with Crippen LogP contribution in [0, 0.1) is 5.92 Å². The number of aryl methyl sites for hydroxylation is 1. The van der Waals surface area contributed by atoms with Gasteiger partial charge < -0.3 is 15.3 Å². The lowest BCUT2D eigenvalue weighted by Gasteiger charge is -2.15. The molecule has 0 aliphatic carbocycles. The maximum Gasteiger partial charge on any atom is 0.313 e. The number of aliphatic hydroxyl groups excluding tert-OH is 1. The Kier molecular flexibility index (Phi) is 4.74. The van der Waals surface area contributed by atoms with Crippen molar-refractivity contribution in [2.24, 2.45) is 5.92 Å². The topological polar surface area (TPSA) is 69.6 Å². The molecule has 0 bridgehead atoms. The summed E-state index contributed by atoms with van der Waals surface area (Å²) in [6, 6.07) is 7.47. The SMILES string of the molecule is CCc1cccc(NC(=O)C(=O)N2CCC(CO)C2)c1. The number of carbonyl (C=O) groups is 2. The minimum atomic E-state index is -0.614. The maximum absolute atomic E-state index is 12.0. The normalized spacial score (nSPS) is 18.1. The molecule has 2 N–H and O–H groups in total. The molecule has 1 fully saturated rings. The highest BCUT2D eigenvalue weighted by molar-refractivity contribution is 6.39. The average Bonchev–Trinajstić information content (AvgIpc) is 2.95. The zero-order valence-electron chi connectivity index (χ0n) is 11.6. The predicted molar refractivity (Wildman–Crippen MR) is 76.2 cm³/mol. The number of nitrogens with one attached hydrogen (secondary N) is 1. The number of rotatable bonds is 3. The zero-order chi connectivity index (χ0) is 14.5. The van der Waals surface area contributed by atoms with Crippen molar-refractivity contribution in [2.75, 3.05) is 25.0 Å². The van der Waals surface area contributed by atoms with Gasteiger partial charge >= 0.3 is 11.8 Å². The molecule has 108 valence electrons. The summed E-state index contributed by atoms with van der Waals surface area (Å²) in [5, 5.41) is 11.7. The molecule has 0 saturated carbocycles. The Morgan fingerprint density at radius 2 is 2.25 bits per heavy atom. The second kappa shape index (κ2) is 6.52. The van der Waals surface area contributed by atoms with E-state index in [1.807, 2.05) is 25.1 Å². The summed E-state index contributed by atoms with van der Waals surface area (Å²) in [4.78, 5) is 25.4. The highest BCUT2D eigenvalue weighted by Gasteiger charge is 2.29. The van der Waals surface area contributed by atoms with E-state index in [0.717, 1.165) is 18.4 Å². The molecule has 2 rings (SSSR count). The summed E-state index contributed by atoms with van der Waals surface area (Å²) in [6.45, 7) is 3.08. The molecule has 1 aliphatic heterocycles. The Bertz CT molecular complexity index is 502. The van der Waals surface area contributed by atoms with Gasteiger partial charge in [-0.25, -0.2) is 0 Å². The van der Waals surface area contributed by atoms with Crippen molar-refractivity contribution in [1.82, 2.24) is 4.90 Å². The third-order valence-electron chi connectivity index (χ3n) is 3.62. The fourth-order valence-electron chi connectivity index (χ4n) is 2.36. The van der Waals surface area contributed by atoms with Gasteiger partial charge in [0.2, 0.25) is 0 Å². The van der Waals surface area contributed by atoms with Gasteiger partial charge in [0.1, 0.15) is 0 Å². The van der Waals surface area contributed by atoms with Gasteiger partial charge in [0.05, 0.1) is 0 Å². The Hall–Kier alpha value is -1.88. The van der Waals surface area contributed by atoms with Gasteiger partial charge in [-0.3, -0.25) is 9.59 Å². The van der Waals surface area contributed by atoms with Crippen LogP contribution in [0.4, 0.5) is 5.69 Å². The van der Waals surface area contributed by atoms with E-state index in [-0.39, 0.29) is 12.5 Å². The standard InChI is InChI=1S/C15H20N2O3/c1-2-11-4-3-5-13(8-11)16-14(19)15(20)17-7-6-12(9-17)10-18/h3-5,8,12,18H,2,6-7,9-10H2,1H3,(H,16,19). The Morgan fingerprint density at radius 1 is 1.45 bits per heavy atom. The van der Waals surface area contributed by atoms with Gasteiger partial charge in [-0.05, 0) is 30.5 Å². The van der Waals surface area contributed by atoms with Crippen LogP contribution >= 0.6 is 0 Å². The molecule has 0 spiro atoms. The van der Waals surface area contributed by atoms with Gasteiger partial charge in [0.25, 0.3) is 0 Å². The van der Waals surface area contributed by atoms with E-state index in [2.05, 4.69) is 5.32 Å². The summed E-state index contributed by atoms with van der Waals surface area (Å²) in [5.74, 6) is -1.05. The fraction of sp³-hybridized carbons (Fsp3) is 0.467. The van der Waals surface area contributed by atoms with E-state index < -0.39 is 11.8 Å². The Balaban J connectivity index is 1.95. The van der Waals surface area contributed by atoms with Crippen LogP contribution < -0.4 is 5.32 Å². The van der Waals surface area contributed by atoms with Gasteiger partial charge in [0.15, 0.2) is 0 Å². The summed E-state index contributed by atoms with van der Waals surface area (Å²) >= 11 is 0. The first kappa shape index (κ1) is 14.5. The molecular formula is C15H20N2O3. The monoisotopic (exact) mass is 276 g/mol. The molecule has 0 radical (unpaired) electrons. The van der Waals surface area contributed by atoms with Gasteiger partial charge in [0, 0.05) is 31.3 Å².